The van der Waals surface area contributed by atoms with Crippen molar-refractivity contribution < 1.29 is 18.4 Å². The number of Topliss-reactive ketones (excluding diaryl/α,β-unsaturated/α-hetero) is 2. The zero-order valence-electron chi connectivity index (χ0n) is 11.0. The van der Waals surface area contributed by atoms with E-state index in [9.17, 15) is 18.4 Å². The predicted octanol–water partition coefficient (Wildman–Crippen LogP) is 3.91. The van der Waals surface area contributed by atoms with Gasteiger partial charge in [-0.05, 0) is 12.1 Å². The van der Waals surface area contributed by atoms with Crippen LogP contribution >= 0.6 is 11.6 Å². The number of hydrogen-bond acceptors (Lipinski definition) is 3. The highest BCUT2D eigenvalue weighted by molar-refractivity contribution is 6.50. The molecule has 110 valence electrons. The van der Waals surface area contributed by atoms with Crippen molar-refractivity contribution in [3.63, 3.8) is 0 Å². The van der Waals surface area contributed by atoms with Gasteiger partial charge in [0.1, 0.15) is 22.4 Å². The molecule has 0 saturated carbocycles. The van der Waals surface area contributed by atoms with Crippen LogP contribution < -0.4 is 5.32 Å². The molecule has 0 amide bonds. The van der Waals surface area contributed by atoms with E-state index in [-0.39, 0.29) is 27.5 Å². The third kappa shape index (κ3) is 2.40. The van der Waals surface area contributed by atoms with Gasteiger partial charge in [0.25, 0.3) is 0 Å². The number of nitrogens with one attached hydrogen (secondary N) is 1. The first-order valence-corrected chi connectivity index (χ1v) is 6.66. The highest BCUT2D eigenvalue weighted by Crippen LogP contribution is 2.29. The summed E-state index contributed by atoms with van der Waals surface area (Å²) in [6.07, 6.45) is 0. The molecule has 0 bridgehead atoms. The Labute approximate surface area is 129 Å². The molecule has 0 fully saturated rings. The number of carbonyl (C=O) groups excluding carboxylic acids is 2. The minimum atomic E-state index is -0.811. The molecule has 2 aromatic rings. The first-order valence-electron chi connectivity index (χ1n) is 6.28. The van der Waals surface area contributed by atoms with Gasteiger partial charge in [-0.15, -0.1) is 0 Å². The molecule has 0 aromatic heterocycles. The molecule has 0 atom stereocenters. The van der Waals surface area contributed by atoms with Gasteiger partial charge in [-0.25, -0.2) is 8.78 Å². The van der Waals surface area contributed by atoms with E-state index in [1.165, 1.54) is 12.1 Å². The molecule has 6 heteroatoms. The molecule has 0 heterocycles. The van der Waals surface area contributed by atoms with Gasteiger partial charge in [0.05, 0.1) is 0 Å². The summed E-state index contributed by atoms with van der Waals surface area (Å²) in [6, 6.07) is 8.92. The second-order valence-corrected chi connectivity index (χ2v) is 5.05. The Morgan fingerprint density at radius 3 is 2.00 bits per heavy atom. The molecular weight excluding hydrogens is 312 g/mol. The van der Waals surface area contributed by atoms with Crippen LogP contribution in [0.3, 0.4) is 0 Å². The first kappa shape index (κ1) is 14.4. The van der Waals surface area contributed by atoms with Crippen molar-refractivity contribution in [1.29, 1.82) is 0 Å². The average Bonchev–Trinajstić information content (AvgIpc) is 2.48. The van der Waals surface area contributed by atoms with Crippen LogP contribution in [0.5, 0.6) is 0 Å². The molecule has 22 heavy (non-hydrogen) atoms. The zero-order valence-corrected chi connectivity index (χ0v) is 11.7. The molecule has 1 aliphatic rings. The van der Waals surface area contributed by atoms with Gasteiger partial charge in [0.15, 0.2) is 0 Å². The van der Waals surface area contributed by atoms with E-state index in [1.807, 2.05) is 0 Å². The van der Waals surface area contributed by atoms with Crippen molar-refractivity contribution in [3.8, 4) is 0 Å². The Kier molecular flexibility index (Phi) is 3.50. The highest BCUT2D eigenvalue weighted by atomic mass is 35.5. The smallest absolute Gasteiger partial charge is 0.211 e. The fraction of sp³-hybridized carbons (Fsp3) is 0. The molecule has 0 saturated heterocycles. The second-order valence-electron chi connectivity index (χ2n) is 4.68. The van der Waals surface area contributed by atoms with E-state index in [0.717, 1.165) is 12.1 Å². The molecule has 0 radical (unpaired) electrons. The Morgan fingerprint density at radius 2 is 1.41 bits per heavy atom. The zero-order chi connectivity index (χ0) is 15.9. The van der Waals surface area contributed by atoms with Crippen molar-refractivity contribution >= 4 is 28.9 Å². The lowest BCUT2D eigenvalue weighted by Crippen LogP contribution is -2.24. The van der Waals surface area contributed by atoms with Crippen LogP contribution in [0.25, 0.3) is 0 Å². The van der Waals surface area contributed by atoms with E-state index in [2.05, 4.69) is 5.32 Å². The van der Waals surface area contributed by atoms with Crippen molar-refractivity contribution in [2.45, 2.75) is 0 Å². The summed E-state index contributed by atoms with van der Waals surface area (Å²) in [5.41, 5.74) is 0.186. The van der Waals surface area contributed by atoms with E-state index in [0.29, 0.717) is 6.07 Å². The molecule has 0 aliphatic heterocycles. The third-order valence-electron chi connectivity index (χ3n) is 3.19. The van der Waals surface area contributed by atoms with Gasteiger partial charge in [0.2, 0.25) is 11.6 Å². The van der Waals surface area contributed by atoms with Crippen molar-refractivity contribution in [1.82, 2.24) is 0 Å². The fourth-order valence-corrected chi connectivity index (χ4v) is 2.46. The first-order chi connectivity index (χ1) is 10.5. The number of hydrogen-bond donors (Lipinski definition) is 1. The summed E-state index contributed by atoms with van der Waals surface area (Å²) in [6.45, 7) is 0. The molecule has 2 aromatic carbocycles. The summed E-state index contributed by atoms with van der Waals surface area (Å²) >= 11 is 5.94. The quantitative estimate of drug-likeness (QED) is 0.913. The van der Waals surface area contributed by atoms with E-state index in [4.69, 9.17) is 11.6 Å². The lowest BCUT2D eigenvalue weighted by atomic mass is 9.92. The fourth-order valence-electron chi connectivity index (χ4n) is 2.23. The van der Waals surface area contributed by atoms with Crippen LogP contribution in [-0.4, -0.2) is 11.6 Å². The van der Waals surface area contributed by atoms with Gasteiger partial charge in [0, 0.05) is 22.9 Å². The van der Waals surface area contributed by atoms with Crippen LogP contribution in [-0.2, 0) is 0 Å². The summed E-state index contributed by atoms with van der Waals surface area (Å²) in [7, 11) is 0. The number of allylic oxidation sites excluding steroid dienone is 2. The van der Waals surface area contributed by atoms with Crippen LogP contribution in [0.2, 0.25) is 0 Å². The second kappa shape index (κ2) is 5.35. The maximum Gasteiger partial charge on any atom is 0.211 e. The van der Waals surface area contributed by atoms with Gasteiger partial charge < -0.3 is 5.32 Å². The van der Waals surface area contributed by atoms with E-state index in [1.54, 1.807) is 12.1 Å². The normalized spacial score (nSPS) is 14.1. The number of fused-ring (bicyclic) bond motifs is 1. The number of benzene rings is 2. The molecule has 3 nitrogen and oxygen atoms in total. The lowest BCUT2D eigenvalue weighted by Gasteiger charge is -2.18. The molecular formula is C16H8ClF2NO2. The standard InChI is InChI=1S/C16H8ClF2NO2/c17-13-14(20-10-6-8(18)5-9(19)7-10)16(22)12-4-2-1-3-11(12)15(13)21/h1-7,20H. The number of anilines is 1. The third-order valence-corrected chi connectivity index (χ3v) is 3.55. The van der Waals surface area contributed by atoms with Crippen molar-refractivity contribution in [2.75, 3.05) is 5.32 Å². The van der Waals surface area contributed by atoms with Crippen LogP contribution in [0.4, 0.5) is 14.5 Å². The predicted molar refractivity (Wildman–Crippen MR) is 78.0 cm³/mol. The Bertz CT molecular complexity index is 826. The minimum absolute atomic E-state index is 0.00817. The van der Waals surface area contributed by atoms with Crippen LogP contribution in [0.1, 0.15) is 20.7 Å². The molecule has 0 spiro atoms. The van der Waals surface area contributed by atoms with Gasteiger partial charge in [-0.3, -0.25) is 9.59 Å². The van der Waals surface area contributed by atoms with E-state index < -0.39 is 23.2 Å². The average molecular weight is 320 g/mol. The summed E-state index contributed by atoms with van der Waals surface area (Å²) in [5, 5.41) is 2.22. The topological polar surface area (TPSA) is 46.2 Å². The van der Waals surface area contributed by atoms with Gasteiger partial charge >= 0.3 is 0 Å². The van der Waals surface area contributed by atoms with Crippen LogP contribution in [0.15, 0.2) is 53.2 Å². The molecule has 1 aliphatic carbocycles. The lowest BCUT2D eigenvalue weighted by molar-refractivity contribution is 0.0982. The highest BCUT2D eigenvalue weighted by Gasteiger charge is 2.31. The van der Waals surface area contributed by atoms with Crippen LogP contribution in [0, 0.1) is 11.6 Å². The monoisotopic (exact) mass is 319 g/mol. The van der Waals surface area contributed by atoms with Crippen molar-refractivity contribution in [2.24, 2.45) is 0 Å². The van der Waals surface area contributed by atoms with E-state index >= 15 is 0 Å². The summed E-state index contributed by atoms with van der Waals surface area (Å²) in [4.78, 5) is 24.6. The Hall–Kier alpha value is -2.53. The maximum atomic E-state index is 13.2. The largest absolute Gasteiger partial charge is 0.351 e. The molecule has 0 unspecified atom stereocenters. The molecule has 1 N–H and O–H groups in total. The maximum absolute atomic E-state index is 13.2. The minimum Gasteiger partial charge on any atom is -0.351 e. The summed E-state index contributed by atoms with van der Waals surface area (Å²) in [5.74, 6) is -2.65. The molecule has 3 rings (SSSR count). The Morgan fingerprint density at radius 1 is 0.864 bits per heavy atom. The van der Waals surface area contributed by atoms with Crippen molar-refractivity contribution in [3.05, 3.63) is 76.0 Å². The Balaban J connectivity index is 2.05. The van der Waals surface area contributed by atoms with Gasteiger partial charge in [-0.1, -0.05) is 35.9 Å². The number of ketones is 2. The number of rotatable bonds is 2. The number of carbonyl (C=O) groups is 2. The van der Waals surface area contributed by atoms with Gasteiger partial charge in [-0.2, -0.15) is 0 Å². The SMILES string of the molecule is O=C1C(Cl)=C(Nc2cc(F)cc(F)c2)C(=O)c2ccccc21. The summed E-state index contributed by atoms with van der Waals surface area (Å²) < 4.78 is 26.4. The number of halogens is 3.